The van der Waals surface area contributed by atoms with Crippen LogP contribution in [0.1, 0.15) is 17.5 Å². The summed E-state index contributed by atoms with van der Waals surface area (Å²) < 4.78 is 49.2. The lowest BCUT2D eigenvalue weighted by atomic mass is 10.2. The molecule has 0 saturated heterocycles. The van der Waals surface area contributed by atoms with Gasteiger partial charge in [0.25, 0.3) is 10.0 Å². The van der Waals surface area contributed by atoms with Crippen molar-refractivity contribution in [2.24, 2.45) is 0 Å². The standard InChI is InChI=1S/C12H15N3O4S3/c1-3-11-13-14-12(20-11)15-22(18,19)10-6-4-9(5-7-10)8-21(2,16)17/h4-7H,3,8H2,1-2H3,(H,14,15). The van der Waals surface area contributed by atoms with E-state index in [1.165, 1.54) is 35.6 Å². The van der Waals surface area contributed by atoms with Gasteiger partial charge in [-0.25, -0.2) is 16.8 Å². The summed E-state index contributed by atoms with van der Waals surface area (Å²) in [5.41, 5.74) is 0.533. The quantitative estimate of drug-likeness (QED) is 0.834. The van der Waals surface area contributed by atoms with Crippen molar-refractivity contribution in [3.63, 3.8) is 0 Å². The van der Waals surface area contributed by atoms with E-state index in [2.05, 4.69) is 14.9 Å². The summed E-state index contributed by atoms with van der Waals surface area (Å²) in [6.45, 7) is 1.90. The zero-order valence-corrected chi connectivity index (χ0v) is 14.4. The van der Waals surface area contributed by atoms with Crippen LogP contribution in [0.25, 0.3) is 0 Å². The summed E-state index contributed by atoms with van der Waals surface area (Å²) in [6.07, 6.45) is 1.81. The lowest BCUT2D eigenvalue weighted by Gasteiger charge is -2.05. The number of sulfonamides is 1. The molecule has 0 saturated carbocycles. The maximum absolute atomic E-state index is 12.2. The third-order valence-corrected chi connectivity index (χ3v) is 5.98. The number of rotatable bonds is 6. The van der Waals surface area contributed by atoms with Gasteiger partial charge in [0, 0.05) is 6.26 Å². The van der Waals surface area contributed by atoms with Crippen LogP contribution in [0.4, 0.5) is 5.13 Å². The Morgan fingerprint density at radius 2 is 1.73 bits per heavy atom. The molecule has 0 spiro atoms. The average Bonchev–Trinajstić information content (AvgIpc) is 2.84. The number of hydrogen-bond acceptors (Lipinski definition) is 7. The van der Waals surface area contributed by atoms with Gasteiger partial charge in [0.05, 0.1) is 10.6 Å². The van der Waals surface area contributed by atoms with E-state index in [0.717, 1.165) is 11.3 Å². The van der Waals surface area contributed by atoms with Crippen molar-refractivity contribution in [1.82, 2.24) is 10.2 Å². The summed E-state index contributed by atoms with van der Waals surface area (Å²) in [5.74, 6) is -0.128. The van der Waals surface area contributed by atoms with Crippen LogP contribution in [0, 0.1) is 0 Å². The highest BCUT2D eigenvalue weighted by atomic mass is 32.2. The first-order chi connectivity index (χ1) is 10.2. The van der Waals surface area contributed by atoms with Gasteiger partial charge in [0.15, 0.2) is 9.84 Å². The Hall–Kier alpha value is -1.52. The molecule has 0 aliphatic carbocycles. The molecule has 2 aromatic rings. The Kier molecular flexibility index (Phi) is 4.83. The number of sulfone groups is 1. The fraction of sp³-hybridized carbons (Fsp3) is 0.333. The summed E-state index contributed by atoms with van der Waals surface area (Å²) in [6, 6.07) is 5.69. The maximum atomic E-state index is 12.2. The van der Waals surface area contributed by atoms with E-state index >= 15 is 0 Å². The number of aromatic nitrogens is 2. The molecule has 1 aromatic carbocycles. The lowest BCUT2D eigenvalue weighted by molar-refractivity contribution is 0.600. The first-order valence-corrected chi connectivity index (χ1v) is 10.7. The molecule has 0 unspecified atom stereocenters. The largest absolute Gasteiger partial charge is 0.263 e. The molecule has 2 rings (SSSR count). The molecule has 22 heavy (non-hydrogen) atoms. The molecule has 0 aliphatic rings. The van der Waals surface area contributed by atoms with Gasteiger partial charge in [0.1, 0.15) is 5.01 Å². The average molecular weight is 361 g/mol. The van der Waals surface area contributed by atoms with Crippen LogP contribution < -0.4 is 4.72 Å². The minimum Gasteiger partial charge on any atom is -0.253 e. The molecule has 0 atom stereocenters. The van der Waals surface area contributed by atoms with Gasteiger partial charge in [-0.2, -0.15) is 0 Å². The van der Waals surface area contributed by atoms with Crippen molar-refractivity contribution >= 4 is 36.3 Å². The molecule has 1 heterocycles. The summed E-state index contributed by atoms with van der Waals surface area (Å²) in [5, 5.41) is 8.55. The Morgan fingerprint density at radius 3 is 2.23 bits per heavy atom. The van der Waals surface area contributed by atoms with Gasteiger partial charge >= 0.3 is 0 Å². The van der Waals surface area contributed by atoms with Crippen LogP contribution in [-0.2, 0) is 32.0 Å². The minimum atomic E-state index is -3.76. The third kappa shape index (κ3) is 4.49. The summed E-state index contributed by atoms with van der Waals surface area (Å²) >= 11 is 1.17. The zero-order valence-electron chi connectivity index (χ0n) is 12.0. The van der Waals surface area contributed by atoms with Gasteiger partial charge in [-0.3, -0.25) is 4.72 Å². The SMILES string of the molecule is CCc1nnc(NS(=O)(=O)c2ccc(CS(C)(=O)=O)cc2)s1. The maximum Gasteiger partial charge on any atom is 0.263 e. The Labute approximate surface area is 133 Å². The number of benzene rings is 1. The molecular formula is C12H15N3O4S3. The van der Waals surface area contributed by atoms with Gasteiger partial charge in [-0.15, -0.1) is 10.2 Å². The van der Waals surface area contributed by atoms with Crippen LogP contribution >= 0.6 is 11.3 Å². The molecule has 7 nitrogen and oxygen atoms in total. The highest BCUT2D eigenvalue weighted by molar-refractivity contribution is 7.93. The molecule has 1 aromatic heterocycles. The molecule has 0 amide bonds. The number of hydrogen-bond donors (Lipinski definition) is 1. The van der Waals surface area contributed by atoms with Crippen LogP contribution in [0.3, 0.4) is 0 Å². The topological polar surface area (TPSA) is 106 Å². The molecule has 10 heteroatoms. The van der Waals surface area contributed by atoms with Crippen molar-refractivity contribution in [3.05, 3.63) is 34.8 Å². The van der Waals surface area contributed by atoms with Crippen molar-refractivity contribution < 1.29 is 16.8 Å². The zero-order chi connectivity index (χ0) is 16.4. The van der Waals surface area contributed by atoms with E-state index in [4.69, 9.17) is 0 Å². The Morgan fingerprint density at radius 1 is 1.09 bits per heavy atom. The molecular weight excluding hydrogens is 346 g/mol. The predicted molar refractivity (Wildman–Crippen MR) is 85.1 cm³/mol. The number of anilines is 1. The van der Waals surface area contributed by atoms with E-state index in [1.807, 2.05) is 6.92 Å². The van der Waals surface area contributed by atoms with Crippen molar-refractivity contribution in [1.29, 1.82) is 0 Å². The number of nitrogens with one attached hydrogen (secondary N) is 1. The molecule has 120 valence electrons. The summed E-state index contributed by atoms with van der Waals surface area (Å²) in [7, 11) is -6.92. The van der Waals surface area contributed by atoms with Gasteiger partial charge in [0.2, 0.25) is 5.13 Å². The Balaban J connectivity index is 2.19. The minimum absolute atomic E-state index is 0.0398. The second kappa shape index (κ2) is 6.31. The monoisotopic (exact) mass is 361 g/mol. The first kappa shape index (κ1) is 16.8. The highest BCUT2D eigenvalue weighted by Gasteiger charge is 2.17. The third-order valence-electron chi connectivity index (χ3n) is 2.65. The van der Waals surface area contributed by atoms with Crippen LogP contribution in [0.2, 0.25) is 0 Å². The van der Waals surface area contributed by atoms with E-state index in [9.17, 15) is 16.8 Å². The van der Waals surface area contributed by atoms with E-state index in [-0.39, 0.29) is 15.8 Å². The van der Waals surface area contributed by atoms with E-state index in [1.54, 1.807) is 0 Å². The summed E-state index contributed by atoms with van der Waals surface area (Å²) in [4.78, 5) is 0.0398. The van der Waals surface area contributed by atoms with Crippen LogP contribution in [-0.4, -0.2) is 33.3 Å². The molecule has 0 bridgehead atoms. The fourth-order valence-corrected chi connectivity index (χ4v) is 4.39. The number of nitrogens with zero attached hydrogens (tertiary/aromatic N) is 2. The van der Waals surface area contributed by atoms with Gasteiger partial charge in [-0.1, -0.05) is 30.4 Å². The highest BCUT2D eigenvalue weighted by Crippen LogP contribution is 2.20. The van der Waals surface area contributed by atoms with E-state index < -0.39 is 19.9 Å². The molecule has 0 aliphatic heterocycles. The normalized spacial score (nSPS) is 12.3. The second-order valence-electron chi connectivity index (χ2n) is 4.67. The van der Waals surface area contributed by atoms with Crippen molar-refractivity contribution in [3.8, 4) is 0 Å². The Bertz CT molecular complexity index is 855. The van der Waals surface area contributed by atoms with Crippen LogP contribution in [0.5, 0.6) is 0 Å². The van der Waals surface area contributed by atoms with Crippen molar-refractivity contribution in [2.45, 2.75) is 24.0 Å². The van der Waals surface area contributed by atoms with Gasteiger partial charge < -0.3 is 0 Å². The lowest BCUT2D eigenvalue weighted by Crippen LogP contribution is -2.13. The molecule has 1 N–H and O–H groups in total. The molecule has 0 radical (unpaired) electrons. The first-order valence-electron chi connectivity index (χ1n) is 6.31. The predicted octanol–water partition coefficient (Wildman–Crippen LogP) is 1.45. The van der Waals surface area contributed by atoms with E-state index in [0.29, 0.717) is 12.0 Å². The van der Waals surface area contributed by atoms with Crippen molar-refractivity contribution in [2.75, 3.05) is 11.0 Å². The number of aryl methyl sites for hydroxylation is 1. The smallest absolute Gasteiger partial charge is 0.253 e. The second-order valence-corrected chi connectivity index (χ2v) is 9.56. The van der Waals surface area contributed by atoms with Crippen LogP contribution in [0.15, 0.2) is 29.2 Å². The molecule has 0 fully saturated rings. The fourth-order valence-electron chi connectivity index (χ4n) is 1.68. The van der Waals surface area contributed by atoms with Gasteiger partial charge in [-0.05, 0) is 24.1 Å².